The molecule has 1 aliphatic rings. The van der Waals surface area contributed by atoms with Gasteiger partial charge in [0.05, 0.1) is 7.11 Å². The number of aromatic nitrogens is 2. The number of benzene rings is 1. The van der Waals surface area contributed by atoms with Gasteiger partial charge in [-0.3, -0.25) is 14.9 Å². The molecule has 0 bridgehead atoms. The van der Waals surface area contributed by atoms with Crippen LogP contribution in [0.15, 0.2) is 24.3 Å². The number of ether oxygens (including phenoxy) is 1. The molecule has 2 heterocycles. The molecular formula is C16H18N4O3S. The van der Waals surface area contributed by atoms with E-state index in [1.54, 1.807) is 12.0 Å². The van der Waals surface area contributed by atoms with Crippen LogP contribution in [0.1, 0.15) is 19.8 Å². The van der Waals surface area contributed by atoms with Crippen LogP contribution >= 0.6 is 11.3 Å². The van der Waals surface area contributed by atoms with Crippen molar-refractivity contribution in [2.75, 3.05) is 19.0 Å². The predicted molar refractivity (Wildman–Crippen MR) is 90.9 cm³/mol. The molecular weight excluding hydrogens is 328 g/mol. The van der Waals surface area contributed by atoms with Crippen molar-refractivity contribution in [2.45, 2.75) is 25.8 Å². The van der Waals surface area contributed by atoms with E-state index < -0.39 is 6.04 Å². The molecule has 0 spiro atoms. The van der Waals surface area contributed by atoms with Crippen molar-refractivity contribution in [3.63, 3.8) is 0 Å². The van der Waals surface area contributed by atoms with E-state index in [1.165, 1.54) is 18.3 Å². The molecule has 1 aromatic carbocycles. The highest BCUT2D eigenvalue weighted by atomic mass is 32.1. The second-order valence-electron chi connectivity index (χ2n) is 5.50. The summed E-state index contributed by atoms with van der Waals surface area (Å²) in [7, 11) is 1.60. The minimum absolute atomic E-state index is 0.0815. The average Bonchev–Trinajstić information content (AvgIpc) is 3.24. The van der Waals surface area contributed by atoms with Gasteiger partial charge in [0, 0.05) is 19.0 Å². The smallest absolute Gasteiger partial charge is 0.249 e. The zero-order chi connectivity index (χ0) is 17.1. The van der Waals surface area contributed by atoms with Gasteiger partial charge in [-0.15, -0.1) is 10.2 Å². The first-order valence-corrected chi connectivity index (χ1v) is 8.46. The van der Waals surface area contributed by atoms with Gasteiger partial charge in [0.1, 0.15) is 16.8 Å². The molecule has 24 heavy (non-hydrogen) atoms. The summed E-state index contributed by atoms with van der Waals surface area (Å²) in [6, 6.07) is 7.07. The molecule has 1 aliphatic heterocycles. The second-order valence-corrected chi connectivity index (χ2v) is 6.48. The van der Waals surface area contributed by atoms with Crippen LogP contribution in [-0.2, 0) is 9.59 Å². The molecule has 8 heteroatoms. The van der Waals surface area contributed by atoms with Crippen molar-refractivity contribution >= 4 is 28.3 Å². The lowest BCUT2D eigenvalue weighted by atomic mass is 10.2. The zero-order valence-corrected chi connectivity index (χ0v) is 14.3. The van der Waals surface area contributed by atoms with Crippen molar-refractivity contribution in [2.24, 2.45) is 0 Å². The van der Waals surface area contributed by atoms with Crippen LogP contribution in [-0.4, -0.2) is 46.6 Å². The summed E-state index contributed by atoms with van der Waals surface area (Å²) in [5.74, 6) is 0.439. The highest BCUT2D eigenvalue weighted by molar-refractivity contribution is 7.18. The number of hydrogen-bond acceptors (Lipinski definition) is 6. The first kappa shape index (κ1) is 16.4. The first-order valence-electron chi connectivity index (χ1n) is 7.64. The fourth-order valence-electron chi connectivity index (χ4n) is 2.75. The SMILES string of the molecule is COc1cccc(-c2nnc(NC(=O)[C@@H]3CCCN3C(C)=O)s2)c1. The normalized spacial score (nSPS) is 16.9. The summed E-state index contributed by atoms with van der Waals surface area (Å²) in [5, 5.41) is 12.0. The standard InChI is InChI=1S/C16H18N4O3S/c1-10(21)20-8-4-7-13(20)14(22)17-16-19-18-15(24-16)11-5-3-6-12(9-11)23-2/h3,5-6,9,13H,4,7-8H2,1-2H3,(H,17,19,22)/t13-/m0/s1. The van der Waals surface area contributed by atoms with Gasteiger partial charge in [0.25, 0.3) is 0 Å². The highest BCUT2D eigenvalue weighted by Crippen LogP contribution is 2.29. The number of hydrogen-bond donors (Lipinski definition) is 1. The van der Waals surface area contributed by atoms with E-state index in [-0.39, 0.29) is 11.8 Å². The average molecular weight is 346 g/mol. The number of anilines is 1. The maximum absolute atomic E-state index is 12.4. The number of carbonyl (C=O) groups is 2. The van der Waals surface area contributed by atoms with Crippen LogP contribution in [0.3, 0.4) is 0 Å². The van der Waals surface area contributed by atoms with Crippen molar-refractivity contribution in [3.8, 4) is 16.3 Å². The molecule has 2 aromatic rings. The maximum atomic E-state index is 12.4. The van der Waals surface area contributed by atoms with E-state index in [1.807, 2.05) is 24.3 Å². The summed E-state index contributed by atoms with van der Waals surface area (Å²) >= 11 is 1.29. The number of likely N-dealkylation sites (tertiary alicyclic amines) is 1. The Kier molecular flexibility index (Phi) is 4.75. The Morgan fingerprint density at radius 3 is 2.96 bits per heavy atom. The van der Waals surface area contributed by atoms with E-state index >= 15 is 0 Å². The molecule has 3 rings (SSSR count). The minimum atomic E-state index is -0.424. The van der Waals surface area contributed by atoms with Crippen LogP contribution in [0.5, 0.6) is 5.75 Å². The molecule has 126 valence electrons. The third-order valence-electron chi connectivity index (χ3n) is 3.93. The fourth-order valence-corrected chi connectivity index (χ4v) is 3.49. The van der Waals surface area contributed by atoms with Gasteiger partial charge in [0.2, 0.25) is 16.9 Å². The van der Waals surface area contributed by atoms with E-state index in [0.717, 1.165) is 17.7 Å². The summed E-state index contributed by atoms with van der Waals surface area (Å²) < 4.78 is 5.20. The molecule has 1 saturated heterocycles. The highest BCUT2D eigenvalue weighted by Gasteiger charge is 2.32. The van der Waals surface area contributed by atoms with Crippen molar-refractivity contribution < 1.29 is 14.3 Å². The van der Waals surface area contributed by atoms with Gasteiger partial charge in [-0.1, -0.05) is 23.5 Å². The van der Waals surface area contributed by atoms with Crippen LogP contribution in [0, 0.1) is 0 Å². The molecule has 0 aliphatic carbocycles. The number of methoxy groups -OCH3 is 1. The van der Waals surface area contributed by atoms with Crippen LogP contribution in [0.4, 0.5) is 5.13 Å². The summed E-state index contributed by atoms with van der Waals surface area (Å²) in [6.07, 6.45) is 1.51. The van der Waals surface area contributed by atoms with Gasteiger partial charge in [-0.05, 0) is 25.0 Å². The summed E-state index contributed by atoms with van der Waals surface area (Å²) in [4.78, 5) is 25.6. The van der Waals surface area contributed by atoms with E-state index in [2.05, 4.69) is 15.5 Å². The van der Waals surface area contributed by atoms with E-state index in [4.69, 9.17) is 4.74 Å². The lowest BCUT2D eigenvalue weighted by Crippen LogP contribution is -2.42. The van der Waals surface area contributed by atoms with Crippen molar-refractivity contribution in [3.05, 3.63) is 24.3 Å². The third-order valence-corrected chi connectivity index (χ3v) is 4.82. The second kappa shape index (κ2) is 6.96. The molecule has 1 aromatic heterocycles. The molecule has 0 unspecified atom stereocenters. The number of rotatable bonds is 4. The fraction of sp³-hybridized carbons (Fsp3) is 0.375. The molecule has 0 saturated carbocycles. The zero-order valence-electron chi connectivity index (χ0n) is 13.5. The van der Waals surface area contributed by atoms with Gasteiger partial charge in [0.15, 0.2) is 0 Å². The Morgan fingerprint density at radius 1 is 1.38 bits per heavy atom. The van der Waals surface area contributed by atoms with Gasteiger partial charge < -0.3 is 9.64 Å². The first-order chi connectivity index (χ1) is 11.6. The minimum Gasteiger partial charge on any atom is -0.497 e. The molecule has 2 amide bonds. The number of carbonyl (C=O) groups excluding carboxylic acids is 2. The third kappa shape index (κ3) is 3.38. The van der Waals surface area contributed by atoms with Crippen molar-refractivity contribution in [1.82, 2.24) is 15.1 Å². The lowest BCUT2D eigenvalue weighted by molar-refractivity contribution is -0.134. The maximum Gasteiger partial charge on any atom is 0.249 e. The Morgan fingerprint density at radius 2 is 2.21 bits per heavy atom. The van der Waals surface area contributed by atoms with Crippen molar-refractivity contribution in [1.29, 1.82) is 0 Å². The largest absolute Gasteiger partial charge is 0.497 e. The summed E-state index contributed by atoms with van der Waals surface area (Å²) in [5.41, 5.74) is 0.874. The lowest BCUT2D eigenvalue weighted by Gasteiger charge is -2.21. The Hall–Kier alpha value is -2.48. The number of amides is 2. The van der Waals surface area contributed by atoms with E-state index in [0.29, 0.717) is 23.1 Å². The van der Waals surface area contributed by atoms with Crippen LogP contribution in [0.2, 0.25) is 0 Å². The molecule has 1 atom stereocenters. The van der Waals surface area contributed by atoms with Crippen LogP contribution < -0.4 is 10.1 Å². The molecule has 1 N–H and O–H groups in total. The Bertz CT molecular complexity index is 761. The number of nitrogens with one attached hydrogen (secondary N) is 1. The van der Waals surface area contributed by atoms with E-state index in [9.17, 15) is 9.59 Å². The number of nitrogens with zero attached hydrogens (tertiary/aromatic N) is 3. The predicted octanol–water partition coefficient (Wildman–Crippen LogP) is 2.16. The molecule has 1 fully saturated rings. The summed E-state index contributed by atoms with van der Waals surface area (Å²) in [6.45, 7) is 2.11. The molecule has 7 nitrogen and oxygen atoms in total. The van der Waals surface area contributed by atoms with Gasteiger partial charge in [-0.2, -0.15) is 0 Å². The van der Waals surface area contributed by atoms with Crippen LogP contribution in [0.25, 0.3) is 10.6 Å². The Labute approximate surface area is 143 Å². The quantitative estimate of drug-likeness (QED) is 0.917. The molecule has 0 radical (unpaired) electrons. The topological polar surface area (TPSA) is 84.4 Å². The van der Waals surface area contributed by atoms with Gasteiger partial charge in [-0.25, -0.2) is 0 Å². The van der Waals surface area contributed by atoms with Gasteiger partial charge >= 0.3 is 0 Å². The monoisotopic (exact) mass is 346 g/mol. The Balaban J connectivity index is 1.72.